The van der Waals surface area contributed by atoms with Gasteiger partial charge in [-0.05, 0) is 58.7 Å². The van der Waals surface area contributed by atoms with Crippen molar-refractivity contribution >= 4 is 67.5 Å². The number of benzene rings is 3. The number of rotatable bonds is 6. The molecule has 2 saturated heterocycles. The fraction of sp³-hybridized carbons (Fsp3) is 0.353. The lowest BCUT2D eigenvalue weighted by Crippen LogP contribution is -2.54. The van der Waals surface area contributed by atoms with Crippen LogP contribution < -0.4 is 9.80 Å². The van der Waals surface area contributed by atoms with Gasteiger partial charge in [0.1, 0.15) is 0 Å². The van der Waals surface area contributed by atoms with E-state index in [9.17, 15) is 0 Å². The number of piperazine rings is 2. The van der Waals surface area contributed by atoms with Gasteiger partial charge in [-0.3, -0.25) is 0 Å². The highest BCUT2D eigenvalue weighted by atomic mass is 79.9. The van der Waals surface area contributed by atoms with Crippen LogP contribution in [0.4, 0.5) is 11.4 Å². The summed E-state index contributed by atoms with van der Waals surface area (Å²) in [6.07, 6.45) is 8.73. The van der Waals surface area contributed by atoms with Crippen molar-refractivity contribution in [3.05, 3.63) is 91.9 Å². The van der Waals surface area contributed by atoms with Crippen LogP contribution in [0.3, 0.4) is 0 Å². The third-order valence-electron chi connectivity index (χ3n) is 8.44. The van der Waals surface area contributed by atoms with Gasteiger partial charge in [0.05, 0.1) is 80.5 Å². The minimum atomic E-state index is 1.08. The molecule has 0 amide bonds. The van der Waals surface area contributed by atoms with E-state index in [1.54, 1.807) is 0 Å². The van der Waals surface area contributed by atoms with Crippen molar-refractivity contribution in [3.8, 4) is 0 Å². The molecule has 0 bridgehead atoms. The van der Waals surface area contributed by atoms with Crippen molar-refractivity contribution in [1.82, 2.24) is 0 Å². The summed E-state index contributed by atoms with van der Waals surface area (Å²) in [5.41, 5.74) is 7.36. The number of quaternary nitrogens is 2. The third-order valence-corrected chi connectivity index (χ3v) is 9.82. The molecule has 0 radical (unpaired) electrons. The first-order valence-corrected chi connectivity index (χ1v) is 15.8. The first kappa shape index (κ1) is 29.1. The van der Waals surface area contributed by atoms with Gasteiger partial charge in [0.25, 0.3) is 0 Å². The summed E-state index contributed by atoms with van der Waals surface area (Å²) >= 11 is 7.59. The molecule has 0 aromatic heterocycles. The molecule has 2 aliphatic heterocycles. The minimum absolute atomic E-state index is 1.08. The second-order valence-corrected chi connectivity index (χ2v) is 14.2. The predicted octanol–water partition coefficient (Wildman–Crippen LogP) is 7.35. The van der Waals surface area contributed by atoms with Crippen LogP contribution in [0.2, 0.25) is 0 Å². The van der Waals surface area contributed by atoms with Crippen molar-refractivity contribution in [2.45, 2.75) is 0 Å². The quantitative estimate of drug-likeness (QED) is 0.201. The molecule has 2 fully saturated rings. The lowest BCUT2D eigenvalue weighted by molar-refractivity contribution is -0.890. The van der Waals surface area contributed by atoms with Crippen molar-refractivity contribution in [2.75, 3.05) is 90.3 Å². The standard InChI is InChI=1S/C34H42Br2N4/c1-39(2)21-17-37(18-22-39)31-13-7-27(8-14-31)5-11-29-25-34(36)30(26-33(29)35)12-6-28-9-15-32(16-10-28)38-19-23-40(3,4)24-20-38/h5-16,25-26H,17-24H2,1-4H3/q+2/b11-5+,12-6+. The van der Waals surface area contributed by atoms with E-state index in [4.69, 9.17) is 0 Å². The monoisotopic (exact) mass is 664 g/mol. The minimum Gasteiger partial charge on any atom is -0.360 e. The fourth-order valence-electron chi connectivity index (χ4n) is 5.33. The van der Waals surface area contributed by atoms with Crippen LogP contribution in [0.15, 0.2) is 69.6 Å². The highest BCUT2D eigenvalue weighted by Crippen LogP contribution is 2.30. The lowest BCUT2D eigenvalue weighted by Gasteiger charge is -2.40. The highest BCUT2D eigenvalue weighted by molar-refractivity contribution is 9.11. The smallest absolute Gasteiger partial charge is 0.0961 e. The molecule has 2 aliphatic rings. The number of likely N-dealkylation sites (N-methyl/N-ethyl adjacent to an activating group) is 2. The van der Waals surface area contributed by atoms with Crippen LogP contribution >= 0.6 is 31.9 Å². The van der Waals surface area contributed by atoms with Gasteiger partial charge in [0.15, 0.2) is 0 Å². The Morgan fingerprint density at radius 1 is 0.525 bits per heavy atom. The van der Waals surface area contributed by atoms with Crippen molar-refractivity contribution in [2.24, 2.45) is 0 Å². The van der Waals surface area contributed by atoms with Gasteiger partial charge in [-0.1, -0.05) is 80.4 Å². The summed E-state index contributed by atoms with van der Waals surface area (Å²) in [5, 5.41) is 0. The Morgan fingerprint density at radius 3 is 1.18 bits per heavy atom. The Labute approximate surface area is 257 Å². The summed E-state index contributed by atoms with van der Waals surface area (Å²) in [6, 6.07) is 22.3. The molecule has 0 spiro atoms. The van der Waals surface area contributed by atoms with E-state index in [-0.39, 0.29) is 0 Å². The summed E-state index contributed by atoms with van der Waals surface area (Å²) < 4.78 is 4.39. The van der Waals surface area contributed by atoms with E-state index in [0.29, 0.717) is 0 Å². The molecule has 4 nitrogen and oxygen atoms in total. The Morgan fingerprint density at radius 2 is 0.850 bits per heavy atom. The van der Waals surface area contributed by atoms with Crippen LogP contribution in [0.1, 0.15) is 22.3 Å². The van der Waals surface area contributed by atoms with Crippen molar-refractivity contribution in [1.29, 1.82) is 0 Å². The SMILES string of the molecule is C[N+]1(C)CCN(c2ccc(/C=C/c3cc(Br)c(/C=C/c4ccc(N5CC[N+](C)(C)CC5)cc4)cc3Br)cc2)CC1. The van der Waals surface area contributed by atoms with Crippen molar-refractivity contribution in [3.63, 3.8) is 0 Å². The molecule has 40 heavy (non-hydrogen) atoms. The van der Waals surface area contributed by atoms with E-state index in [1.165, 1.54) is 48.7 Å². The van der Waals surface area contributed by atoms with Crippen LogP contribution in [0, 0.1) is 0 Å². The zero-order valence-corrected chi connectivity index (χ0v) is 27.5. The van der Waals surface area contributed by atoms with E-state index in [2.05, 4.69) is 155 Å². The second kappa shape index (κ2) is 12.2. The van der Waals surface area contributed by atoms with Crippen LogP contribution in [0.25, 0.3) is 24.3 Å². The number of halogens is 2. The Kier molecular flexibility index (Phi) is 8.91. The maximum atomic E-state index is 3.79. The first-order chi connectivity index (χ1) is 19.1. The summed E-state index contributed by atoms with van der Waals surface area (Å²) in [4.78, 5) is 5.00. The summed E-state index contributed by atoms with van der Waals surface area (Å²) in [7, 11) is 9.27. The fourth-order valence-corrected chi connectivity index (χ4v) is 6.31. The van der Waals surface area contributed by atoms with Gasteiger partial charge in [0.2, 0.25) is 0 Å². The second-order valence-electron chi connectivity index (χ2n) is 12.5. The average Bonchev–Trinajstić information content (AvgIpc) is 2.93. The van der Waals surface area contributed by atoms with E-state index in [1.807, 2.05) is 0 Å². The third kappa shape index (κ3) is 7.47. The Hall–Kier alpha value is -2.38. The van der Waals surface area contributed by atoms with E-state index >= 15 is 0 Å². The topological polar surface area (TPSA) is 6.48 Å². The molecule has 210 valence electrons. The number of nitrogens with zero attached hydrogens (tertiary/aromatic N) is 4. The highest BCUT2D eigenvalue weighted by Gasteiger charge is 2.25. The van der Waals surface area contributed by atoms with Crippen LogP contribution in [-0.4, -0.2) is 89.5 Å². The normalized spacial score (nSPS) is 19.1. The number of hydrogen-bond acceptors (Lipinski definition) is 2. The summed E-state index contributed by atoms with van der Waals surface area (Å²) in [6.45, 7) is 9.24. The molecule has 3 aromatic carbocycles. The molecule has 0 saturated carbocycles. The molecule has 2 heterocycles. The molecule has 5 rings (SSSR count). The van der Waals surface area contributed by atoms with Crippen molar-refractivity contribution < 1.29 is 8.97 Å². The number of anilines is 2. The molecular formula is C34H42Br2N4+2. The first-order valence-electron chi connectivity index (χ1n) is 14.3. The van der Waals surface area contributed by atoms with E-state index < -0.39 is 0 Å². The maximum Gasteiger partial charge on any atom is 0.0961 e. The zero-order valence-electron chi connectivity index (χ0n) is 24.3. The van der Waals surface area contributed by atoms with Gasteiger partial charge in [0, 0.05) is 20.3 Å². The predicted molar refractivity (Wildman–Crippen MR) is 181 cm³/mol. The van der Waals surface area contributed by atoms with Crippen LogP contribution in [0.5, 0.6) is 0 Å². The van der Waals surface area contributed by atoms with Gasteiger partial charge in [-0.25, -0.2) is 0 Å². The van der Waals surface area contributed by atoms with Gasteiger partial charge < -0.3 is 18.8 Å². The average molecular weight is 667 g/mol. The number of hydrogen-bond donors (Lipinski definition) is 0. The lowest BCUT2D eigenvalue weighted by atomic mass is 10.1. The van der Waals surface area contributed by atoms with E-state index in [0.717, 1.165) is 55.2 Å². The van der Waals surface area contributed by atoms with Gasteiger partial charge >= 0.3 is 0 Å². The Bertz CT molecular complexity index is 1250. The maximum absolute atomic E-state index is 3.79. The molecule has 0 atom stereocenters. The zero-order chi connectivity index (χ0) is 28.3. The molecule has 0 unspecified atom stereocenters. The molecule has 0 N–H and O–H groups in total. The van der Waals surface area contributed by atoms with Gasteiger partial charge in [-0.2, -0.15) is 0 Å². The molecule has 6 heteroatoms. The van der Waals surface area contributed by atoms with Crippen LogP contribution in [-0.2, 0) is 0 Å². The molecular weight excluding hydrogens is 624 g/mol. The largest absolute Gasteiger partial charge is 0.360 e. The molecule has 0 aliphatic carbocycles. The molecule has 3 aromatic rings. The van der Waals surface area contributed by atoms with Gasteiger partial charge in [-0.15, -0.1) is 0 Å². The Balaban J connectivity index is 1.20. The summed E-state index contributed by atoms with van der Waals surface area (Å²) in [5.74, 6) is 0.